The van der Waals surface area contributed by atoms with E-state index in [1.54, 1.807) is 6.20 Å². The van der Waals surface area contributed by atoms with Crippen molar-refractivity contribution in [1.29, 1.82) is 0 Å². The van der Waals surface area contributed by atoms with Gasteiger partial charge in [0, 0.05) is 11.5 Å². The molecular weight excluding hydrogens is 186 g/mol. The summed E-state index contributed by atoms with van der Waals surface area (Å²) in [5.41, 5.74) is 5.89. The Kier molecular flexibility index (Phi) is 1.98. The van der Waals surface area contributed by atoms with Gasteiger partial charge < -0.3 is 10.3 Å². The van der Waals surface area contributed by atoms with Crippen molar-refractivity contribution < 1.29 is 9.32 Å². The van der Waals surface area contributed by atoms with Gasteiger partial charge in [0.15, 0.2) is 0 Å². The van der Waals surface area contributed by atoms with E-state index in [4.69, 9.17) is 5.73 Å². The minimum absolute atomic E-state index is 0.224. The number of carbonyl (C=O) groups is 1. The maximum absolute atomic E-state index is 10.7. The third-order valence-electron chi connectivity index (χ3n) is 1.62. The van der Waals surface area contributed by atoms with Crippen LogP contribution in [-0.2, 0) is 6.54 Å². The van der Waals surface area contributed by atoms with Crippen LogP contribution in [0.15, 0.2) is 23.0 Å². The minimum atomic E-state index is -0.554. The molecule has 0 bridgehead atoms. The summed E-state index contributed by atoms with van der Waals surface area (Å²) < 4.78 is 6.07. The van der Waals surface area contributed by atoms with Crippen molar-refractivity contribution in [2.45, 2.75) is 6.54 Å². The number of aromatic nitrogens is 4. The third-order valence-corrected chi connectivity index (χ3v) is 1.62. The molecule has 2 aromatic rings. The lowest BCUT2D eigenvalue weighted by Crippen LogP contribution is -2.12. The molecule has 0 saturated carbocycles. The Hall–Kier alpha value is -2.18. The summed E-state index contributed by atoms with van der Waals surface area (Å²) in [6.07, 6.45) is 3.04. The topological polar surface area (TPSA) is 99.8 Å². The van der Waals surface area contributed by atoms with Crippen molar-refractivity contribution >= 4 is 5.91 Å². The Morgan fingerprint density at radius 1 is 1.64 bits per heavy atom. The molecule has 0 atom stereocenters. The molecule has 2 heterocycles. The van der Waals surface area contributed by atoms with Gasteiger partial charge in [0.25, 0.3) is 5.91 Å². The Labute approximate surface area is 78.5 Å². The highest BCUT2D eigenvalue weighted by molar-refractivity contribution is 5.90. The summed E-state index contributed by atoms with van der Waals surface area (Å²) in [4.78, 5) is 10.7. The summed E-state index contributed by atoms with van der Waals surface area (Å²) in [5.74, 6) is -0.554. The van der Waals surface area contributed by atoms with Gasteiger partial charge in [-0.1, -0.05) is 0 Å². The van der Waals surface area contributed by atoms with Crippen LogP contribution in [0.1, 0.15) is 16.2 Å². The number of primary amides is 1. The second-order valence-electron chi connectivity index (χ2n) is 2.66. The molecule has 7 heteroatoms. The van der Waals surface area contributed by atoms with E-state index in [1.165, 1.54) is 17.0 Å². The normalized spacial score (nSPS) is 10.3. The van der Waals surface area contributed by atoms with E-state index in [1.807, 2.05) is 0 Å². The molecule has 14 heavy (non-hydrogen) atoms. The quantitative estimate of drug-likeness (QED) is 0.702. The van der Waals surface area contributed by atoms with Crippen molar-refractivity contribution in [3.63, 3.8) is 0 Å². The molecule has 1 amide bonds. The smallest absolute Gasteiger partial charge is 0.269 e. The molecule has 0 aliphatic carbocycles. The van der Waals surface area contributed by atoms with Gasteiger partial charge in [-0.05, 0) is 6.07 Å². The summed E-state index contributed by atoms with van der Waals surface area (Å²) in [6, 6.07) is 1.54. The molecule has 0 radical (unpaired) electrons. The van der Waals surface area contributed by atoms with Crippen LogP contribution in [0.2, 0.25) is 0 Å². The lowest BCUT2D eigenvalue weighted by atomic mass is 10.4. The average molecular weight is 193 g/mol. The van der Waals surface area contributed by atoms with Gasteiger partial charge in [0.2, 0.25) is 0 Å². The Bertz CT molecular complexity index is 433. The van der Waals surface area contributed by atoms with E-state index < -0.39 is 5.91 Å². The van der Waals surface area contributed by atoms with E-state index in [2.05, 4.69) is 20.0 Å². The second kappa shape index (κ2) is 3.29. The zero-order valence-corrected chi connectivity index (χ0v) is 7.12. The van der Waals surface area contributed by atoms with Gasteiger partial charge in [0.05, 0.1) is 6.54 Å². The van der Waals surface area contributed by atoms with Gasteiger partial charge in [-0.15, -0.1) is 5.10 Å². The standard InChI is InChI=1S/C7H7N5O2/c8-7(13)6-1-2-12(10-6)3-5-4-14-11-9-5/h1-2,4H,3H2,(H2,8,13). The van der Waals surface area contributed by atoms with Crippen LogP contribution in [0, 0.1) is 0 Å². The maximum Gasteiger partial charge on any atom is 0.269 e. The van der Waals surface area contributed by atoms with E-state index in [0.29, 0.717) is 12.2 Å². The molecule has 0 aliphatic rings. The molecule has 2 aromatic heterocycles. The number of nitrogens with two attached hydrogens (primary N) is 1. The molecular formula is C7H7N5O2. The lowest BCUT2D eigenvalue weighted by molar-refractivity contribution is 0.0995. The maximum atomic E-state index is 10.7. The van der Waals surface area contributed by atoms with Crippen LogP contribution < -0.4 is 5.73 Å². The Morgan fingerprint density at radius 3 is 3.07 bits per heavy atom. The molecule has 0 unspecified atom stereocenters. The number of carbonyl (C=O) groups excluding carboxylic acids is 1. The first-order valence-electron chi connectivity index (χ1n) is 3.85. The molecule has 2 N–H and O–H groups in total. The van der Waals surface area contributed by atoms with Gasteiger partial charge in [-0.2, -0.15) is 5.10 Å². The fourth-order valence-electron chi connectivity index (χ4n) is 1.00. The van der Waals surface area contributed by atoms with E-state index >= 15 is 0 Å². The first-order chi connectivity index (χ1) is 6.75. The van der Waals surface area contributed by atoms with Gasteiger partial charge in [-0.3, -0.25) is 9.48 Å². The minimum Gasteiger partial charge on any atom is -0.364 e. The van der Waals surface area contributed by atoms with E-state index in [-0.39, 0.29) is 5.69 Å². The highest BCUT2D eigenvalue weighted by Gasteiger charge is 2.05. The van der Waals surface area contributed by atoms with Crippen LogP contribution in [0.4, 0.5) is 0 Å². The van der Waals surface area contributed by atoms with Gasteiger partial charge >= 0.3 is 0 Å². The molecule has 0 aromatic carbocycles. The zero-order valence-electron chi connectivity index (χ0n) is 7.12. The summed E-state index contributed by atoms with van der Waals surface area (Å²) in [5, 5.41) is 10.9. The molecule has 0 fully saturated rings. The molecule has 2 rings (SSSR count). The summed E-state index contributed by atoms with van der Waals surface area (Å²) in [6.45, 7) is 0.400. The first-order valence-corrected chi connectivity index (χ1v) is 3.85. The SMILES string of the molecule is NC(=O)c1ccn(Cc2conn2)n1. The Balaban J connectivity index is 2.14. The largest absolute Gasteiger partial charge is 0.364 e. The number of nitrogens with zero attached hydrogens (tertiary/aromatic N) is 4. The van der Waals surface area contributed by atoms with E-state index in [9.17, 15) is 4.79 Å². The average Bonchev–Trinajstić information content (AvgIpc) is 2.75. The fraction of sp³-hybridized carbons (Fsp3) is 0.143. The number of rotatable bonds is 3. The first kappa shape index (κ1) is 8.42. The lowest BCUT2D eigenvalue weighted by Gasteiger charge is -1.94. The third kappa shape index (κ3) is 1.60. The zero-order chi connectivity index (χ0) is 9.97. The predicted octanol–water partition coefficient (Wildman–Crippen LogP) is -0.587. The van der Waals surface area contributed by atoms with Gasteiger partial charge in [-0.25, -0.2) is 0 Å². The molecule has 0 aliphatic heterocycles. The van der Waals surface area contributed by atoms with Crippen molar-refractivity contribution in [1.82, 2.24) is 20.2 Å². The van der Waals surface area contributed by atoms with E-state index in [0.717, 1.165) is 0 Å². The second-order valence-corrected chi connectivity index (χ2v) is 2.66. The van der Waals surface area contributed by atoms with Crippen LogP contribution >= 0.6 is 0 Å². The van der Waals surface area contributed by atoms with Crippen molar-refractivity contribution in [2.24, 2.45) is 5.73 Å². The van der Waals surface area contributed by atoms with Crippen LogP contribution in [0.5, 0.6) is 0 Å². The van der Waals surface area contributed by atoms with Crippen LogP contribution in [-0.4, -0.2) is 26.1 Å². The fourth-order valence-corrected chi connectivity index (χ4v) is 1.00. The highest BCUT2D eigenvalue weighted by atomic mass is 16.5. The highest BCUT2D eigenvalue weighted by Crippen LogP contribution is 1.99. The number of amides is 1. The Morgan fingerprint density at radius 2 is 2.50 bits per heavy atom. The summed E-state index contributed by atoms with van der Waals surface area (Å²) in [7, 11) is 0. The van der Waals surface area contributed by atoms with Crippen molar-refractivity contribution in [3.05, 3.63) is 29.9 Å². The van der Waals surface area contributed by atoms with Crippen LogP contribution in [0.3, 0.4) is 0 Å². The van der Waals surface area contributed by atoms with Crippen molar-refractivity contribution in [3.8, 4) is 0 Å². The number of hydrogen-bond donors (Lipinski definition) is 1. The molecule has 7 nitrogen and oxygen atoms in total. The van der Waals surface area contributed by atoms with Crippen molar-refractivity contribution in [2.75, 3.05) is 0 Å². The predicted molar refractivity (Wildman–Crippen MR) is 44.1 cm³/mol. The number of hydrogen-bond acceptors (Lipinski definition) is 5. The van der Waals surface area contributed by atoms with Crippen LogP contribution in [0.25, 0.3) is 0 Å². The summed E-state index contributed by atoms with van der Waals surface area (Å²) >= 11 is 0. The molecule has 0 spiro atoms. The monoisotopic (exact) mass is 193 g/mol. The molecule has 0 saturated heterocycles. The molecule has 72 valence electrons. The van der Waals surface area contributed by atoms with Gasteiger partial charge in [0.1, 0.15) is 17.7 Å².